The summed E-state index contributed by atoms with van der Waals surface area (Å²) in [6.07, 6.45) is -0.772. The van der Waals surface area contributed by atoms with Crippen molar-refractivity contribution in [2.75, 3.05) is 45.8 Å². The summed E-state index contributed by atoms with van der Waals surface area (Å²) < 4.78 is 43.4. The van der Waals surface area contributed by atoms with Crippen molar-refractivity contribution in [1.29, 1.82) is 0 Å². The van der Waals surface area contributed by atoms with Crippen molar-refractivity contribution < 1.29 is 37.7 Å². The number of carbonyl (C=O) groups is 1. The van der Waals surface area contributed by atoms with Crippen LogP contribution in [-0.2, 0) is 36.4 Å². The lowest BCUT2D eigenvalue weighted by Gasteiger charge is -2.37. The second-order valence-electron chi connectivity index (χ2n) is 13.2. The van der Waals surface area contributed by atoms with Gasteiger partial charge in [0.25, 0.3) is 5.91 Å². The minimum absolute atomic E-state index is 0.0416. The summed E-state index contributed by atoms with van der Waals surface area (Å²) in [6.45, 7) is 10.4. The van der Waals surface area contributed by atoms with Gasteiger partial charge in [-0.05, 0) is 79.9 Å². The van der Waals surface area contributed by atoms with E-state index in [2.05, 4.69) is 31.1 Å². The molecule has 1 amide bonds. The van der Waals surface area contributed by atoms with Crippen LogP contribution in [0.2, 0.25) is 0 Å². The predicted molar refractivity (Wildman–Crippen MR) is 222 cm³/mol. The summed E-state index contributed by atoms with van der Waals surface area (Å²) in [5, 5.41) is 2.64. The number of amides is 1. The minimum atomic E-state index is -2.43. The predicted octanol–water partition coefficient (Wildman–Crippen LogP) is 6.33. The second kappa shape index (κ2) is 21.0. The molecule has 12 nitrogen and oxygen atoms in total. The zero-order chi connectivity index (χ0) is 40.8. The maximum Gasteiger partial charge on any atom is 0.372 e. The Morgan fingerprint density at radius 3 is 1.84 bits per heavy atom. The molecule has 1 fully saturated rings. The fourth-order valence-corrected chi connectivity index (χ4v) is 7.53. The van der Waals surface area contributed by atoms with E-state index in [0.717, 1.165) is 16.7 Å². The van der Waals surface area contributed by atoms with E-state index < -0.39 is 42.9 Å². The highest BCUT2D eigenvalue weighted by atomic mass is 32.7. The topological polar surface area (TPSA) is 132 Å². The maximum atomic E-state index is 13.2. The Morgan fingerprint density at radius 1 is 0.842 bits per heavy atom. The molecule has 0 aliphatic carbocycles. The van der Waals surface area contributed by atoms with E-state index in [1.165, 1.54) is 36.5 Å². The van der Waals surface area contributed by atoms with Crippen LogP contribution < -0.4 is 25.4 Å². The van der Waals surface area contributed by atoms with Crippen molar-refractivity contribution in [1.82, 2.24) is 9.55 Å². The van der Waals surface area contributed by atoms with Gasteiger partial charge in [0.1, 0.15) is 41.4 Å². The maximum absolute atomic E-state index is 13.2. The fraction of sp³-hybridized carbons (Fsp3) is 0.326. The smallest absolute Gasteiger partial charge is 0.372 e. The van der Waals surface area contributed by atoms with E-state index in [9.17, 15) is 14.2 Å². The molecule has 57 heavy (non-hydrogen) atoms. The lowest BCUT2D eigenvalue weighted by atomic mass is 9.80. The Labute approximate surface area is 340 Å². The van der Waals surface area contributed by atoms with Gasteiger partial charge in [0.15, 0.2) is 0 Å². The molecular formula is C43H50N4O8PS+. The molecule has 5 aromatic rings. The average molecular weight is 814 g/mol. The van der Waals surface area contributed by atoms with Crippen molar-refractivity contribution in [3.63, 3.8) is 0 Å². The first kappa shape index (κ1) is 43.2. The van der Waals surface area contributed by atoms with Gasteiger partial charge >= 0.3 is 12.9 Å². The number of hydrogen-bond donors (Lipinski definition) is 2. The number of carbonyl (C=O) groups excluding carboxylic acids is 1. The molecule has 4 aromatic carbocycles. The molecular weight excluding hydrogens is 764 g/mol. The van der Waals surface area contributed by atoms with E-state index in [-0.39, 0.29) is 18.8 Å². The molecule has 0 radical (unpaired) electrons. The number of aromatic nitrogens is 2. The average Bonchev–Trinajstić information content (AvgIpc) is 3.64. The third-order valence-electron chi connectivity index (χ3n) is 9.96. The third-order valence-corrected chi connectivity index (χ3v) is 10.7. The van der Waals surface area contributed by atoms with Crippen LogP contribution in [0.4, 0.5) is 5.82 Å². The number of quaternary nitrogens is 1. The highest BCUT2D eigenvalue weighted by Gasteiger charge is 2.44. The Morgan fingerprint density at radius 2 is 1.37 bits per heavy atom. The number of anilines is 1. The first-order valence-corrected chi connectivity index (χ1v) is 21.1. The summed E-state index contributed by atoms with van der Waals surface area (Å²) in [4.78, 5) is 31.6. The standard InChI is InChI=1S/C37H34N3O8PS.C6H15N/c1-44-29-17-13-27(14-18-29)37(26-11-7-4-8-12-26,28-15-19-30(45-2)20-16-28)46-24-32-31(48-49(43)50)23-34(47-32)40-22-21-33(39-36(40)42)38-35(41)25-9-5-3-6-10-25;1-4-7(5-2)6-3/h3-22,31-32,34H,23-24H2,1-2H3,(H,38,39,41,42);4-6H2,1-3H3/p+1/t31-,32+,34+;/m0./s1. The normalized spacial score (nSPS) is 16.7. The summed E-state index contributed by atoms with van der Waals surface area (Å²) in [7, 11) is 0.774. The van der Waals surface area contributed by atoms with E-state index in [1.807, 2.05) is 78.9 Å². The zero-order valence-corrected chi connectivity index (χ0v) is 34.5. The van der Waals surface area contributed by atoms with E-state index in [0.29, 0.717) is 17.1 Å². The summed E-state index contributed by atoms with van der Waals surface area (Å²) >= 11 is 4.93. The molecule has 2 N–H and O–H groups in total. The van der Waals surface area contributed by atoms with Gasteiger partial charge in [-0.3, -0.25) is 9.36 Å². The van der Waals surface area contributed by atoms with Gasteiger partial charge < -0.3 is 41.4 Å². The molecule has 0 saturated carbocycles. The van der Waals surface area contributed by atoms with Crippen molar-refractivity contribution in [3.05, 3.63) is 154 Å². The number of rotatable bonds is 16. The number of methoxy groups -OCH3 is 2. The second-order valence-corrected chi connectivity index (χ2v) is 14.7. The summed E-state index contributed by atoms with van der Waals surface area (Å²) in [5.74, 6) is 1.05. The molecule has 1 aliphatic rings. The number of benzene rings is 4. The van der Waals surface area contributed by atoms with E-state index >= 15 is 0 Å². The van der Waals surface area contributed by atoms with Gasteiger partial charge in [-0.25, -0.2) is 4.79 Å². The van der Waals surface area contributed by atoms with Crippen molar-refractivity contribution >= 4 is 31.2 Å². The van der Waals surface area contributed by atoms with Crippen molar-refractivity contribution in [2.24, 2.45) is 0 Å². The Kier molecular flexibility index (Phi) is 16.0. The first-order valence-electron chi connectivity index (χ1n) is 18.9. The molecule has 1 aliphatic heterocycles. The molecule has 300 valence electrons. The van der Waals surface area contributed by atoms with Crippen LogP contribution in [0, 0.1) is 0 Å². The number of ether oxygens (including phenoxy) is 4. The van der Waals surface area contributed by atoms with Gasteiger partial charge in [0.05, 0.1) is 40.5 Å². The molecule has 14 heteroatoms. The van der Waals surface area contributed by atoms with Crippen LogP contribution >= 0.6 is 7.23 Å². The van der Waals surface area contributed by atoms with Gasteiger partial charge in [-0.2, -0.15) is 9.51 Å². The van der Waals surface area contributed by atoms with Crippen LogP contribution in [0.3, 0.4) is 0 Å². The fourth-order valence-electron chi connectivity index (χ4n) is 6.75. The molecule has 4 atom stereocenters. The number of nitrogens with one attached hydrogen (secondary N) is 2. The molecule has 1 aromatic heterocycles. The van der Waals surface area contributed by atoms with Gasteiger partial charge in [-0.1, -0.05) is 77.4 Å². The van der Waals surface area contributed by atoms with Crippen molar-refractivity contribution in [3.8, 4) is 11.5 Å². The van der Waals surface area contributed by atoms with E-state index in [1.54, 1.807) is 49.5 Å². The SMILES string of the molecule is CC[NH+](CC)CC.COc1ccc(C(OC[C@H]2O[C@@H](n3ccc(NC(=O)c4ccccc4)nc3=O)C[C@@H]2O[P+](=O)[S-])(c2ccccc2)c2ccc(OC)cc2)cc1. The zero-order valence-electron chi connectivity index (χ0n) is 32.8. The third kappa shape index (κ3) is 11.0. The molecule has 6 rings (SSSR count). The molecule has 0 spiro atoms. The minimum Gasteiger partial charge on any atom is -0.497 e. The molecule has 1 unspecified atom stereocenters. The van der Waals surface area contributed by atoms with Crippen LogP contribution in [-0.4, -0.2) is 68.1 Å². The highest BCUT2D eigenvalue weighted by Crippen LogP contribution is 2.43. The monoisotopic (exact) mass is 813 g/mol. The molecule has 0 bridgehead atoms. The quantitative estimate of drug-likeness (QED) is 0.0663. The molecule has 2 heterocycles. The van der Waals surface area contributed by atoms with Crippen LogP contribution in [0.25, 0.3) is 0 Å². The number of nitrogens with zero attached hydrogens (tertiary/aromatic N) is 2. The first-order chi connectivity index (χ1) is 27.6. The Bertz CT molecular complexity index is 2030. The largest absolute Gasteiger partial charge is 0.497 e. The highest BCUT2D eigenvalue weighted by molar-refractivity contribution is 8.25. The Hall–Kier alpha value is -4.88. The van der Waals surface area contributed by atoms with E-state index in [4.69, 9.17) is 35.7 Å². The summed E-state index contributed by atoms with van der Waals surface area (Å²) in [6, 6.07) is 35.0. The summed E-state index contributed by atoms with van der Waals surface area (Å²) in [5.41, 5.74) is 1.08. The van der Waals surface area contributed by atoms with Crippen LogP contribution in [0.1, 0.15) is 60.5 Å². The lowest BCUT2D eigenvalue weighted by Crippen LogP contribution is -3.11. The molecule has 1 saturated heterocycles. The number of hydrogen-bond acceptors (Lipinski definition) is 10. The Balaban J connectivity index is 0.000000811. The van der Waals surface area contributed by atoms with Gasteiger partial charge in [0.2, 0.25) is 0 Å². The van der Waals surface area contributed by atoms with Gasteiger partial charge in [-0.15, -0.1) is 0 Å². The van der Waals surface area contributed by atoms with Gasteiger partial charge in [0, 0.05) is 18.2 Å². The van der Waals surface area contributed by atoms with Crippen LogP contribution in [0.5, 0.6) is 11.5 Å². The van der Waals surface area contributed by atoms with Crippen molar-refractivity contribution in [2.45, 2.75) is 51.2 Å². The van der Waals surface area contributed by atoms with Crippen LogP contribution in [0.15, 0.2) is 126 Å². The lowest BCUT2D eigenvalue weighted by molar-refractivity contribution is -0.894.